The molecule has 0 saturated carbocycles. The van der Waals surface area contributed by atoms with Crippen LogP contribution in [0.25, 0.3) is 31.3 Å². The smallest absolute Gasteiger partial charge is 0.0722 e. The molecule has 2 aliphatic rings. The van der Waals surface area contributed by atoms with Crippen molar-refractivity contribution < 1.29 is 0 Å². The zero-order chi connectivity index (χ0) is 54.5. The molecule has 0 bridgehead atoms. The minimum atomic E-state index is -0.556. The molecule has 10 aromatic rings. The van der Waals surface area contributed by atoms with Gasteiger partial charge in [0.1, 0.15) is 0 Å². The van der Waals surface area contributed by atoms with Crippen molar-refractivity contribution in [2.24, 2.45) is 0 Å². The quantitative estimate of drug-likeness (QED) is 0.0577. The van der Waals surface area contributed by atoms with Crippen LogP contribution in [-0.2, 0) is 30.1 Å². The average molecular weight is 1080 g/mol. The third kappa shape index (κ3) is 9.94. The van der Waals surface area contributed by atoms with Gasteiger partial charge in [-0.25, -0.2) is 0 Å². The molecule has 0 fully saturated rings. The monoisotopic (exact) mass is 1080 g/mol. The average Bonchev–Trinajstić information content (AvgIpc) is 4.35. The molecule has 2 aliphatic carbocycles. The molecular weight excluding hydrogens is 1000 g/mol. The Morgan fingerprint density at radius 1 is 0.362 bits per heavy atom. The van der Waals surface area contributed by atoms with Crippen LogP contribution >= 0.6 is 22.7 Å². The highest BCUT2D eigenvalue weighted by atomic mass is 32.1. The van der Waals surface area contributed by atoms with Crippen molar-refractivity contribution in [1.29, 1.82) is 0 Å². The first-order chi connectivity index (χ1) is 39.4. The van der Waals surface area contributed by atoms with E-state index in [2.05, 4.69) is 244 Å². The number of rotatable bonds is 23. The Bertz CT molecular complexity index is 3540. The number of unbranched alkanes of at least 4 members (excludes halogenated alkanes) is 9. The van der Waals surface area contributed by atoms with Crippen molar-refractivity contribution in [3.05, 3.63) is 278 Å². The third-order valence-corrected chi connectivity index (χ3v) is 19.9. The zero-order valence-corrected chi connectivity index (χ0v) is 49.2. The number of anilines is 3. The van der Waals surface area contributed by atoms with Gasteiger partial charge in [-0.1, -0.05) is 230 Å². The van der Waals surface area contributed by atoms with E-state index in [4.69, 9.17) is 0 Å². The molecule has 0 radical (unpaired) electrons. The fourth-order valence-electron chi connectivity index (χ4n) is 13.5. The van der Waals surface area contributed by atoms with Crippen LogP contribution in [0.5, 0.6) is 0 Å². The molecule has 12 rings (SSSR count). The van der Waals surface area contributed by atoms with E-state index in [0.717, 1.165) is 36.3 Å². The maximum atomic E-state index is 2.68. The minimum absolute atomic E-state index is 0.488. The number of fused-ring (bicyclic) bond motifs is 6. The lowest BCUT2D eigenvalue weighted by molar-refractivity contribution is 0.666. The van der Waals surface area contributed by atoms with E-state index < -0.39 is 10.8 Å². The Hall–Kier alpha value is -7.04. The summed E-state index contributed by atoms with van der Waals surface area (Å²) in [4.78, 5) is 6.42. The highest BCUT2D eigenvalue weighted by Gasteiger charge is 2.52. The lowest BCUT2D eigenvalue weighted by Crippen LogP contribution is -2.30. The van der Waals surface area contributed by atoms with Gasteiger partial charge in [-0.3, -0.25) is 0 Å². The predicted molar refractivity (Wildman–Crippen MR) is 345 cm³/mol. The van der Waals surface area contributed by atoms with E-state index in [1.807, 2.05) is 22.7 Å². The Labute approximate surface area is 486 Å². The van der Waals surface area contributed by atoms with Crippen LogP contribution in [0.4, 0.5) is 17.1 Å². The van der Waals surface area contributed by atoms with Crippen LogP contribution in [0.1, 0.15) is 165 Å². The fraction of sp³-hybridized carbons (Fsp3) is 0.273. The minimum Gasteiger partial charge on any atom is -0.311 e. The van der Waals surface area contributed by atoms with Gasteiger partial charge in [-0.2, -0.15) is 0 Å². The van der Waals surface area contributed by atoms with Gasteiger partial charge in [0.15, 0.2) is 0 Å². The van der Waals surface area contributed by atoms with Crippen molar-refractivity contribution in [3.8, 4) is 31.3 Å². The third-order valence-electron chi connectivity index (χ3n) is 17.7. The number of aryl methyl sites for hydroxylation is 4. The first-order valence-electron chi connectivity index (χ1n) is 30.2. The molecule has 1 atom stereocenters. The van der Waals surface area contributed by atoms with Gasteiger partial charge >= 0.3 is 0 Å². The maximum absolute atomic E-state index is 2.68. The van der Waals surface area contributed by atoms with Gasteiger partial charge < -0.3 is 4.90 Å². The van der Waals surface area contributed by atoms with Crippen LogP contribution in [-0.4, -0.2) is 0 Å². The first-order valence-corrected chi connectivity index (χ1v) is 31.9. The second-order valence-corrected chi connectivity index (χ2v) is 24.9. The van der Waals surface area contributed by atoms with E-state index in [9.17, 15) is 0 Å². The summed E-state index contributed by atoms with van der Waals surface area (Å²) < 4.78 is 0. The Morgan fingerprint density at radius 3 is 1.23 bits per heavy atom. The molecule has 8 aromatic carbocycles. The number of thiophene rings is 2. The molecular formula is C77H77NS2. The molecule has 0 saturated heterocycles. The molecule has 0 N–H and O–H groups in total. The normalized spacial score (nSPS) is 14.7. The summed E-state index contributed by atoms with van der Waals surface area (Å²) in [6.45, 7) is 9.14. The first kappa shape index (κ1) is 53.6. The second kappa shape index (κ2) is 24.0. The van der Waals surface area contributed by atoms with Crippen LogP contribution in [0, 0.1) is 6.92 Å². The molecule has 1 unspecified atom stereocenters. The number of benzene rings is 8. The zero-order valence-electron chi connectivity index (χ0n) is 47.6. The van der Waals surface area contributed by atoms with Gasteiger partial charge in [-0.05, 0) is 189 Å². The number of hydrogen-bond acceptors (Lipinski definition) is 3. The largest absolute Gasteiger partial charge is 0.311 e. The van der Waals surface area contributed by atoms with Crippen molar-refractivity contribution in [2.45, 2.75) is 135 Å². The summed E-state index contributed by atoms with van der Waals surface area (Å²) >= 11 is 3.90. The van der Waals surface area contributed by atoms with E-state index in [0.29, 0.717) is 0 Å². The highest BCUT2D eigenvalue weighted by molar-refractivity contribution is 7.19. The summed E-state index contributed by atoms with van der Waals surface area (Å²) in [5, 5.41) is 2.35. The summed E-state index contributed by atoms with van der Waals surface area (Å²) in [5.41, 5.74) is 22.9. The Morgan fingerprint density at radius 2 is 0.775 bits per heavy atom. The molecule has 2 heterocycles. The summed E-state index contributed by atoms with van der Waals surface area (Å²) in [6.07, 6.45) is 18.5. The molecule has 2 aromatic heterocycles. The fourth-order valence-corrected chi connectivity index (χ4v) is 15.7. The predicted octanol–water partition coefficient (Wildman–Crippen LogP) is 22.3. The maximum Gasteiger partial charge on any atom is 0.0722 e. The summed E-state index contributed by atoms with van der Waals surface area (Å²) in [6, 6.07) is 80.5. The van der Waals surface area contributed by atoms with Gasteiger partial charge in [0.25, 0.3) is 0 Å². The lowest BCUT2D eigenvalue weighted by Gasteiger charge is -2.35. The van der Waals surface area contributed by atoms with Crippen molar-refractivity contribution in [2.75, 3.05) is 4.90 Å². The molecule has 80 heavy (non-hydrogen) atoms. The molecule has 0 spiro atoms. The van der Waals surface area contributed by atoms with Crippen molar-refractivity contribution in [1.82, 2.24) is 0 Å². The van der Waals surface area contributed by atoms with E-state index >= 15 is 0 Å². The van der Waals surface area contributed by atoms with Gasteiger partial charge in [-0.15, -0.1) is 22.7 Å². The second-order valence-electron chi connectivity index (χ2n) is 22.9. The summed E-state index contributed by atoms with van der Waals surface area (Å²) in [5.74, 6) is 0. The Balaban J connectivity index is 1.07. The summed E-state index contributed by atoms with van der Waals surface area (Å²) in [7, 11) is 0. The lowest BCUT2D eigenvalue weighted by atomic mass is 9.65. The van der Waals surface area contributed by atoms with Crippen molar-refractivity contribution >= 4 is 39.7 Å². The van der Waals surface area contributed by atoms with Crippen LogP contribution in [0.15, 0.2) is 212 Å². The van der Waals surface area contributed by atoms with Gasteiger partial charge in [0.2, 0.25) is 0 Å². The van der Waals surface area contributed by atoms with Gasteiger partial charge in [0.05, 0.1) is 10.8 Å². The van der Waals surface area contributed by atoms with E-state index in [1.54, 1.807) is 0 Å². The standard InChI is InChI=1S/C77H77NS2/c1-5-8-11-16-23-56-32-42-61(43-33-56)76(60-40-30-55(4)31-41-60)69-50-51-79-74(69)67-52-71-68(53-70(67)76)75-72(54-73(80-75)59-38-48-66(49-39-59)78(64-26-19-14-20-27-64)65-28-21-15-22-29-65)77(71,62-44-34-57(35-45-62)24-17-12-9-6-2)63-46-36-58(37-47-63)25-18-13-10-7-3/h14-15,19-22,26-54H,5-13,16-18,23-25H2,1-4H3. The highest BCUT2D eigenvalue weighted by Crippen LogP contribution is 2.65. The van der Waals surface area contributed by atoms with Crippen LogP contribution < -0.4 is 4.90 Å². The number of hydrogen-bond donors (Lipinski definition) is 0. The Kier molecular flexibility index (Phi) is 16.1. The SMILES string of the molecule is CCCCCCc1ccc(C2(c3ccc(C)cc3)c3cc4c(cc3-c3sccc32)C(c2ccc(CCCCCC)cc2)(c2ccc(CCCCCC)cc2)c2cc(-c3ccc(N(c5ccccc5)c5ccccc5)cc3)sc2-4)cc1. The molecule has 0 aliphatic heterocycles. The van der Waals surface area contributed by atoms with Gasteiger partial charge in [0, 0.05) is 31.7 Å². The topological polar surface area (TPSA) is 3.24 Å². The van der Waals surface area contributed by atoms with E-state index in [-0.39, 0.29) is 0 Å². The molecule has 3 heteroatoms. The number of para-hydroxylation sites is 2. The van der Waals surface area contributed by atoms with Crippen LogP contribution in [0.3, 0.4) is 0 Å². The van der Waals surface area contributed by atoms with Crippen LogP contribution in [0.2, 0.25) is 0 Å². The molecule has 1 nitrogen and oxygen atoms in total. The van der Waals surface area contributed by atoms with E-state index in [1.165, 1.54) is 175 Å². The van der Waals surface area contributed by atoms with Crippen molar-refractivity contribution in [3.63, 3.8) is 0 Å². The molecule has 0 amide bonds. The number of nitrogens with zero attached hydrogens (tertiary/aromatic N) is 1. The molecule has 402 valence electrons.